The summed E-state index contributed by atoms with van der Waals surface area (Å²) in [6.45, 7) is 6.53. The van der Waals surface area contributed by atoms with Gasteiger partial charge in [0.1, 0.15) is 0 Å². The summed E-state index contributed by atoms with van der Waals surface area (Å²) in [5, 5.41) is 0. The molecule has 0 heterocycles. The summed E-state index contributed by atoms with van der Waals surface area (Å²) in [5.41, 5.74) is 7.35. The van der Waals surface area contributed by atoms with Crippen LogP contribution in [0.15, 0.2) is 0 Å². The number of quaternary nitrogens is 2. The topological polar surface area (TPSA) is 55.3 Å². The molecule has 0 atom stereocenters. The molecule has 0 unspecified atom stereocenters. The predicted octanol–water partition coefficient (Wildman–Crippen LogP) is -5.94. The Hall–Kier alpha value is 1.38. The normalized spacial score (nSPS) is 7.00. The zero-order valence-electron chi connectivity index (χ0n) is 8.41. The molecule has 4 heteroatoms. The van der Waals surface area contributed by atoms with E-state index in [0.717, 1.165) is 13.1 Å². The van der Waals surface area contributed by atoms with E-state index in [-0.39, 0.29) is 48.0 Å². The Morgan fingerprint density at radius 2 is 1.00 bits per heavy atom. The van der Waals surface area contributed by atoms with Crippen LogP contribution >= 0.6 is 0 Å². The lowest BCUT2D eigenvalue weighted by molar-refractivity contribution is -0.368. The molecular weight excluding hydrogens is 378 g/mol. The maximum Gasteiger partial charge on any atom is 0.0739 e. The van der Waals surface area contributed by atoms with Gasteiger partial charge in [-0.25, -0.2) is 0 Å². The largest absolute Gasteiger partial charge is 1.00 e. The summed E-state index contributed by atoms with van der Waals surface area (Å²) >= 11 is 0. The number of halogens is 2. The Kier molecular flexibility index (Phi) is 57.2. The van der Waals surface area contributed by atoms with Crippen molar-refractivity contribution in [1.29, 1.82) is 0 Å². The number of rotatable bonds is 4. The molecule has 0 fully saturated rings. The second kappa shape index (κ2) is 29.4. The molecule has 80 valence electrons. The summed E-state index contributed by atoms with van der Waals surface area (Å²) in [7, 11) is 0. The van der Waals surface area contributed by atoms with Crippen LogP contribution in [0, 0.1) is 0 Å². The van der Waals surface area contributed by atoms with Gasteiger partial charge in [-0.1, -0.05) is 26.7 Å². The highest BCUT2D eigenvalue weighted by molar-refractivity contribution is 4.22. The highest BCUT2D eigenvalue weighted by Crippen LogP contribution is 1.76. The van der Waals surface area contributed by atoms with Gasteiger partial charge < -0.3 is 59.4 Å². The van der Waals surface area contributed by atoms with Gasteiger partial charge in [0.05, 0.1) is 13.1 Å². The van der Waals surface area contributed by atoms with Crippen molar-refractivity contribution in [2.24, 2.45) is 0 Å². The molecule has 0 saturated carbocycles. The molecule has 0 aromatic rings. The fraction of sp³-hybridized carbons (Fsp3) is 1.00. The van der Waals surface area contributed by atoms with Crippen molar-refractivity contribution < 1.29 is 59.4 Å². The van der Waals surface area contributed by atoms with Gasteiger partial charge >= 0.3 is 0 Å². The van der Waals surface area contributed by atoms with Gasteiger partial charge in [0.15, 0.2) is 0 Å². The first kappa shape index (κ1) is 23.3. The van der Waals surface area contributed by atoms with Gasteiger partial charge in [-0.2, -0.15) is 0 Å². The molecule has 6 N–H and O–H groups in total. The van der Waals surface area contributed by atoms with Crippen molar-refractivity contribution in [1.82, 2.24) is 0 Å². The monoisotopic (exact) mass is 402 g/mol. The SMILES string of the molecule is CCCC[NH3+].CCCC[NH3+].[I-].[I-]. The molecule has 0 aliphatic rings. The summed E-state index contributed by atoms with van der Waals surface area (Å²) in [5.74, 6) is 0. The van der Waals surface area contributed by atoms with E-state index in [2.05, 4.69) is 25.3 Å². The molecule has 0 aromatic carbocycles. The maximum atomic E-state index is 3.68. The van der Waals surface area contributed by atoms with E-state index in [9.17, 15) is 0 Å². The minimum atomic E-state index is 0. The first-order valence-corrected chi connectivity index (χ1v) is 4.41. The molecule has 0 aliphatic heterocycles. The second-order valence-electron chi connectivity index (χ2n) is 2.41. The Balaban J connectivity index is -0.0000000457. The maximum absolute atomic E-state index is 3.68. The second-order valence-corrected chi connectivity index (χ2v) is 2.41. The number of unbranched alkanes of at least 4 members (excludes halogenated alkanes) is 2. The van der Waals surface area contributed by atoms with Crippen molar-refractivity contribution in [3.8, 4) is 0 Å². The number of hydrogen-bond acceptors (Lipinski definition) is 0. The Bertz CT molecular complexity index is 36.0. The van der Waals surface area contributed by atoms with E-state index < -0.39 is 0 Å². The van der Waals surface area contributed by atoms with Gasteiger partial charge in [0.25, 0.3) is 0 Å². The quantitative estimate of drug-likeness (QED) is 0.441. The summed E-state index contributed by atoms with van der Waals surface area (Å²) in [6.07, 6.45) is 5.12. The van der Waals surface area contributed by atoms with Crippen LogP contribution in [-0.4, -0.2) is 13.1 Å². The third kappa shape index (κ3) is 42.4. The predicted molar refractivity (Wildman–Crippen MR) is 45.3 cm³/mol. The van der Waals surface area contributed by atoms with E-state index in [0.29, 0.717) is 0 Å². The van der Waals surface area contributed by atoms with Crippen LogP contribution < -0.4 is 59.4 Å². The van der Waals surface area contributed by atoms with Crippen molar-refractivity contribution in [2.45, 2.75) is 39.5 Å². The molecule has 0 amide bonds. The minimum Gasteiger partial charge on any atom is -1.00 e. The zero-order valence-corrected chi connectivity index (χ0v) is 12.7. The van der Waals surface area contributed by atoms with Crippen LogP contribution in [0.4, 0.5) is 0 Å². The van der Waals surface area contributed by atoms with Crippen LogP contribution in [-0.2, 0) is 0 Å². The van der Waals surface area contributed by atoms with Gasteiger partial charge in [0, 0.05) is 0 Å². The van der Waals surface area contributed by atoms with Crippen LogP contribution in [0.1, 0.15) is 39.5 Å². The molecule has 0 rings (SSSR count). The highest BCUT2D eigenvalue weighted by atomic mass is 127. The Labute approximate surface area is 111 Å². The molecule has 12 heavy (non-hydrogen) atoms. The lowest BCUT2D eigenvalue weighted by Gasteiger charge is -1.77. The van der Waals surface area contributed by atoms with Gasteiger partial charge in [-0.3, -0.25) is 0 Å². The van der Waals surface area contributed by atoms with Gasteiger partial charge in [-0.05, 0) is 12.8 Å². The lowest BCUT2D eigenvalue weighted by Crippen LogP contribution is -3.00. The summed E-state index contributed by atoms with van der Waals surface area (Å²) in [6, 6.07) is 0. The van der Waals surface area contributed by atoms with Crippen LogP contribution in [0.25, 0.3) is 0 Å². The fourth-order valence-electron chi connectivity index (χ4n) is 0.500. The molecule has 0 aromatic heterocycles. The van der Waals surface area contributed by atoms with E-state index in [1.54, 1.807) is 0 Å². The van der Waals surface area contributed by atoms with Crippen LogP contribution in [0.3, 0.4) is 0 Å². The first-order valence-electron chi connectivity index (χ1n) is 4.41. The van der Waals surface area contributed by atoms with Gasteiger partial charge in [-0.15, -0.1) is 0 Å². The highest BCUT2D eigenvalue weighted by Gasteiger charge is 1.71. The smallest absolute Gasteiger partial charge is 0.0739 e. The standard InChI is InChI=1S/2C4H11N.2HI/c2*1-2-3-4-5;;/h2*2-5H2,1H3;2*1H. The van der Waals surface area contributed by atoms with Crippen LogP contribution in [0.2, 0.25) is 0 Å². The molecule has 0 aliphatic carbocycles. The lowest BCUT2D eigenvalue weighted by atomic mass is 10.3. The van der Waals surface area contributed by atoms with Crippen molar-refractivity contribution in [3.63, 3.8) is 0 Å². The van der Waals surface area contributed by atoms with E-state index >= 15 is 0 Å². The molecule has 2 nitrogen and oxygen atoms in total. The van der Waals surface area contributed by atoms with Crippen molar-refractivity contribution in [3.05, 3.63) is 0 Å². The van der Waals surface area contributed by atoms with E-state index in [1.807, 2.05) is 0 Å². The minimum absolute atomic E-state index is 0. The zero-order chi connectivity index (χ0) is 8.24. The Morgan fingerprint density at radius 3 is 1.00 bits per heavy atom. The summed E-state index contributed by atoms with van der Waals surface area (Å²) in [4.78, 5) is 0. The van der Waals surface area contributed by atoms with Crippen molar-refractivity contribution >= 4 is 0 Å². The molecule has 0 radical (unpaired) electrons. The molecule has 0 spiro atoms. The van der Waals surface area contributed by atoms with E-state index in [4.69, 9.17) is 0 Å². The molecular formula is C8H24I2N2. The van der Waals surface area contributed by atoms with Gasteiger partial charge in [0.2, 0.25) is 0 Å². The number of hydrogen-bond donors (Lipinski definition) is 2. The van der Waals surface area contributed by atoms with Crippen LogP contribution in [0.5, 0.6) is 0 Å². The van der Waals surface area contributed by atoms with Crippen molar-refractivity contribution in [2.75, 3.05) is 13.1 Å². The molecule has 0 bridgehead atoms. The third-order valence-corrected chi connectivity index (χ3v) is 1.21. The molecule has 0 saturated heterocycles. The average Bonchev–Trinajstić information content (AvgIpc) is 1.93. The third-order valence-electron chi connectivity index (χ3n) is 1.21. The fourth-order valence-corrected chi connectivity index (χ4v) is 0.500. The summed E-state index contributed by atoms with van der Waals surface area (Å²) < 4.78 is 0. The average molecular weight is 402 g/mol. The van der Waals surface area contributed by atoms with E-state index in [1.165, 1.54) is 25.7 Å². The first-order chi connectivity index (χ1) is 4.83. The Morgan fingerprint density at radius 1 is 0.750 bits per heavy atom.